The van der Waals surface area contributed by atoms with Crippen molar-refractivity contribution in [2.45, 2.75) is 6.54 Å². The zero-order valence-corrected chi connectivity index (χ0v) is 15.7. The fourth-order valence-electron chi connectivity index (χ4n) is 2.82. The van der Waals surface area contributed by atoms with Crippen LogP contribution in [0.3, 0.4) is 0 Å². The van der Waals surface area contributed by atoms with Crippen molar-refractivity contribution in [2.24, 2.45) is 0 Å². The first-order valence-corrected chi connectivity index (χ1v) is 8.90. The average molecular weight is 415 g/mol. The summed E-state index contributed by atoms with van der Waals surface area (Å²) in [7, 11) is 0. The molecule has 0 fully saturated rings. The number of aromatic amines is 2. The molecule has 0 saturated heterocycles. The molecule has 2 N–H and O–H groups in total. The SMILES string of the molecule is O=c1[nH]n(Cc2ccc(-c3ccccc3-c3nn[nH]n3)cc2)c(=O)c(Cl)c1Cl. The molecule has 0 amide bonds. The molecule has 8 nitrogen and oxygen atoms in total. The molecule has 0 saturated carbocycles. The predicted octanol–water partition coefficient (Wildman–Crippen LogP) is 2.74. The van der Waals surface area contributed by atoms with Gasteiger partial charge in [0, 0.05) is 5.56 Å². The van der Waals surface area contributed by atoms with Crippen LogP contribution in [-0.4, -0.2) is 30.4 Å². The van der Waals surface area contributed by atoms with Gasteiger partial charge in [-0.1, -0.05) is 71.7 Å². The van der Waals surface area contributed by atoms with Crippen LogP contribution in [0.15, 0.2) is 58.1 Å². The Hall–Kier alpha value is -3.23. The maximum absolute atomic E-state index is 12.2. The standard InChI is InChI=1S/C18H12Cl2N6O2/c19-14-15(20)18(28)26(23-17(14)27)9-10-5-7-11(8-6-10)12-3-1-2-4-13(12)16-21-24-25-22-16/h1-8H,9H2,(H,23,27)(H,21,22,24,25). The molecule has 0 aliphatic rings. The Balaban J connectivity index is 1.67. The first kappa shape index (κ1) is 18.1. The largest absolute Gasteiger partial charge is 0.285 e. The van der Waals surface area contributed by atoms with Crippen LogP contribution in [0.4, 0.5) is 0 Å². The minimum Gasteiger partial charge on any atom is -0.266 e. The van der Waals surface area contributed by atoms with Crippen LogP contribution in [0.1, 0.15) is 5.56 Å². The molecular formula is C18H12Cl2N6O2. The monoisotopic (exact) mass is 414 g/mol. The normalized spacial score (nSPS) is 10.9. The van der Waals surface area contributed by atoms with Gasteiger partial charge in [-0.25, -0.2) is 4.68 Å². The molecule has 0 aliphatic heterocycles. The molecule has 0 bridgehead atoms. The van der Waals surface area contributed by atoms with E-state index in [4.69, 9.17) is 23.2 Å². The quantitative estimate of drug-likeness (QED) is 0.533. The lowest BCUT2D eigenvalue weighted by molar-refractivity contribution is 0.628. The summed E-state index contributed by atoms with van der Waals surface area (Å²) in [4.78, 5) is 23.9. The van der Waals surface area contributed by atoms with E-state index in [1.807, 2.05) is 48.5 Å². The van der Waals surface area contributed by atoms with Crippen molar-refractivity contribution in [2.75, 3.05) is 0 Å². The van der Waals surface area contributed by atoms with Gasteiger partial charge in [-0.15, -0.1) is 10.2 Å². The van der Waals surface area contributed by atoms with Crippen LogP contribution in [-0.2, 0) is 6.54 Å². The third kappa shape index (κ3) is 3.35. The van der Waals surface area contributed by atoms with Gasteiger partial charge in [0.1, 0.15) is 10.0 Å². The zero-order valence-electron chi connectivity index (χ0n) is 14.2. The summed E-state index contributed by atoms with van der Waals surface area (Å²) in [6, 6.07) is 15.2. The van der Waals surface area contributed by atoms with E-state index >= 15 is 0 Å². The van der Waals surface area contributed by atoms with Crippen LogP contribution in [0.2, 0.25) is 10.0 Å². The van der Waals surface area contributed by atoms with Gasteiger partial charge < -0.3 is 0 Å². The van der Waals surface area contributed by atoms with Crippen LogP contribution in [0.25, 0.3) is 22.5 Å². The Morgan fingerprint density at radius 2 is 1.64 bits per heavy atom. The summed E-state index contributed by atoms with van der Waals surface area (Å²) in [6.45, 7) is 0.151. The van der Waals surface area contributed by atoms with Gasteiger partial charge in [-0.3, -0.25) is 14.7 Å². The van der Waals surface area contributed by atoms with Crippen molar-refractivity contribution in [3.8, 4) is 22.5 Å². The number of aromatic nitrogens is 6. The lowest BCUT2D eigenvalue weighted by atomic mass is 9.98. The van der Waals surface area contributed by atoms with Crippen LogP contribution < -0.4 is 11.1 Å². The topological polar surface area (TPSA) is 109 Å². The maximum Gasteiger partial charge on any atom is 0.285 e. The highest BCUT2D eigenvalue weighted by Crippen LogP contribution is 2.29. The average Bonchev–Trinajstić information content (AvgIpc) is 3.26. The van der Waals surface area contributed by atoms with E-state index in [-0.39, 0.29) is 16.6 Å². The van der Waals surface area contributed by atoms with E-state index < -0.39 is 11.1 Å². The molecule has 2 aromatic heterocycles. The third-order valence-electron chi connectivity index (χ3n) is 4.18. The van der Waals surface area contributed by atoms with Crippen molar-refractivity contribution in [1.29, 1.82) is 0 Å². The van der Waals surface area contributed by atoms with Crippen LogP contribution in [0, 0.1) is 0 Å². The van der Waals surface area contributed by atoms with E-state index in [1.54, 1.807) is 0 Å². The molecule has 28 heavy (non-hydrogen) atoms. The molecule has 0 spiro atoms. The second-order valence-electron chi connectivity index (χ2n) is 5.94. The molecule has 4 rings (SSSR count). The Labute approximate surface area is 167 Å². The fraction of sp³-hybridized carbons (Fsp3) is 0.0556. The van der Waals surface area contributed by atoms with Crippen molar-refractivity contribution in [3.05, 3.63) is 84.8 Å². The maximum atomic E-state index is 12.2. The van der Waals surface area contributed by atoms with Gasteiger partial charge in [-0.05, 0) is 21.9 Å². The number of tetrazole rings is 1. The zero-order chi connectivity index (χ0) is 19.7. The smallest absolute Gasteiger partial charge is 0.266 e. The van der Waals surface area contributed by atoms with Crippen LogP contribution >= 0.6 is 23.2 Å². The molecule has 4 aromatic rings. The van der Waals surface area contributed by atoms with Crippen molar-refractivity contribution in [1.82, 2.24) is 30.4 Å². The fourth-order valence-corrected chi connectivity index (χ4v) is 3.13. The third-order valence-corrected chi connectivity index (χ3v) is 4.99. The number of nitrogens with zero attached hydrogens (tertiary/aromatic N) is 4. The Bertz CT molecular complexity index is 1250. The molecule has 0 radical (unpaired) electrons. The molecule has 2 aromatic carbocycles. The first-order valence-electron chi connectivity index (χ1n) is 8.15. The minimum absolute atomic E-state index is 0.151. The summed E-state index contributed by atoms with van der Waals surface area (Å²) in [5.74, 6) is 0.500. The second-order valence-corrected chi connectivity index (χ2v) is 6.69. The Kier molecular flexibility index (Phi) is 4.81. The number of hydrogen-bond acceptors (Lipinski definition) is 5. The number of hydrogen-bond donors (Lipinski definition) is 2. The Morgan fingerprint density at radius 3 is 2.32 bits per heavy atom. The number of benzene rings is 2. The van der Waals surface area contributed by atoms with E-state index in [9.17, 15) is 9.59 Å². The van der Waals surface area contributed by atoms with E-state index in [0.29, 0.717) is 5.82 Å². The molecular weight excluding hydrogens is 403 g/mol. The molecule has 0 aliphatic carbocycles. The lowest BCUT2D eigenvalue weighted by Gasteiger charge is -2.09. The van der Waals surface area contributed by atoms with Gasteiger partial charge in [0.25, 0.3) is 11.1 Å². The number of nitrogens with one attached hydrogen (secondary N) is 2. The molecule has 10 heteroatoms. The summed E-state index contributed by atoms with van der Waals surface area (Å²) < 4.78 is 1.12. The summed E-state index contributed by atoms with van der Waals surface area (Å²) >= 11 is 11.5. The highest BCUT2D eigenvalue weighted by Gasteiger charge is 2.12. The molecule has 140 valence electrons. The van der Waals surface area contributed by atoms with Gasteiger partial charge >= 0.3 is 0 Å². The summed E-state index contributed by atoms with van der Waals surface area (Å²) in [5, 5.41) is 15.9. The Morgan fingerprint density at radius 1 is 0.929 bits per heavy atom. The summed E-state index contributed by atoms with van der Waals surface area (Å²) in [6.07, 6.45) is 0. The lowest BCUT2D eigenvalue weighted by Crippen LogP contribution is -2.30. The van der Waals surface area contributed by atoms with E-state index in [0.717, 1.165) is 26.9 Å². The second kappa shape index (κ2) is 7.41. The predicted molar refractivity (Wildman–Crippen MR) is 105 cm³/mol. The highest BCUT2D eigenvalue weighted by atomic mass is 35.5. The van der Waals surface area contributed by atoms with Crippen molar-refractivity contribution >= 4 is 23.2 Å². The highest BCUT2D eigenvalue weighted by molar-refractivity contribution is 6.41. The van der Waals surface area contributed by atoms with Gasteiger partial charge in [0.2, 0.25) is 5.82 Å². The molecule has 0 atom stereocenters. The summed E-state index contributed by atoms with van der Waals surface area (Å²) in [5.41, 5.74) is 2.36. The number of rotatable bonds is 4. The minimum atomic E-state index is -0.614. The van der Waals surface area contributed by atoms with Crippen LogP contribution in [0.5, 0.6) is 0 Å². The van der Waals surface area contributed by atoms with E-state index in [2.05, 4.69) is 25.7 Å². The van der Waals surface area contributed by atoms with Crippen molar-refractivity contribution < 1.29 is 0 Å². The van der Waals surface area contributed by atoms with Gasteiger partial charge in [0.15, 0.2) is 0 Å². The first-order chi connectivity index (χ1) is 13.5. The van der Waals surface area contributed by atoms with Gasteiger partial charge in [-0.2, -0.15) is 5.21 Å². The van der Waals surface area contributed by atoms with E-state index in [1.165, 1.54) is 0 Å². The number of H-pyrrole nitrogens is 2. The van der Waals surface area contributed by atoms with Gasteiger partial charge in [0.05, 0.1) is 6.54 Å². The number of halogens is 2. The molecule has 0 unspecified atom stereocenters. The molecule has 2 heterocycles. The van der Waals surface area contributed by atoms with Crippen molar-refractivity contribution in [3.63, 3.8) is 0 Å².